The first-order valence-corrected chi connectivity index (χ1v) is 7.43. The second kappa shape index (κ2) is 5.22. The molecule has 1 heterocycles. The van der Waals surface area contributed by atoms with Crippen molar-refractivity contribution in [1.29, 1.82) is 0 Å². The third-order valence-electron chi connectivity index (χ3n) is 4.26. The summed E-state index contributed by atoms with van der Waals surface area (Å²) in [6.45, 7) is 3.94. The van der Waals surface area contributed by atoms with Gasteiger partial charge in [-0.15, -0.1) is 0 Å². The van der Waals surface area contributed by atoms with Crippen molar-refractivity contribution in [1.82, 2.24) is 0 Å². The predicted molar refractivity (Wildman–Crippen MR) is 83.5 cm³/mol. The van der Waals surface area contributed by atoms with Crippen LogP contribution in [0, 0.1) is 15.5 Å². The van der Waals surface area contributed by atoms with Gasteiger partial charge in [0.05, 0.1) is 10.5 Å². The van der Waals surface area contributed by atoms with Crippen molar-refractivity contribution in [2.24, 2.45) is 11.1 Å². The first-order chi connectivity index (χ1) is 10.8. The predicted octanol–water partition coefficient (Wildman–Crippen LogP) is 2.85. The molecule has 1 aliphatic carbocycles. The Bertz CT molecular complexity index is 747. The van der Waals surface area contributed by atoms with E-state index in [4.69, 9.17) is 10.5 Å². The van der Waals surface area contributed by atoms with Crippen molar-refractivity contribution in [3.8, 4) is 0 Å². The average Bonchev–Trinajstić information content (AvgIpc) is 2.44. The number of ketones is 1. The van der Waals surface area contributed by atoms with Gasteiger partial charge < -0.3 is 10.5 Å². The molecule has 6 heteroatoms. The third kappa shape index (κ3) is 2.60. The van der Waals surface area contributed by atoms with Crippen molar-refractivity contribution in [3.05, 3.63) is 68.9 Å². The zero-order chi connectivity index (χ0) is 16.8. The summed E-state index contributed by atoms with van der Waals surface area (Å²) >= 11 is 0. The van der Waals surface area contributed by atoms with Gasteiger partial charge in [0.25, 0.3) is 5.88 Å². The van der Waals surface area contributed by atoms with Gasteiger partial charge in [-0.25, -0.2) is 0 Å². The van der Waals surface area contributed by atoms with Crippen LogP contribution in [0.25, 0.3) is 0 Å². The molecule has 23 heavy (non-hydrogen) atoms. The molecule has 0 spiro atoms. The number of rotatable bonds is 2. The van der Waals surface area contributed by atoms with Crippen LogP contribution in [0.15, 0.2) is 53.2 Å². The minimum atomic E-state index is -0.779. The Hall–Kier alpha value is -2.63. The summed E-state index contributed by atoms with van der Waals surface area (Å²) in [6.07, 6.45) is 0.868. The molecule has 0 aromatic heterocycles. The van der Waals surface area contributed by atoms with E-state index in [0.717, 1.165) is 0 Å². The molecule has 0 amide bonds. The van der Waals surface area contributed by atoms with Crippen LogP contribution in [0.2, 0.25) is 0 Å². The molecule has 1 atom stereocenters. The van der Waals surface area contributed by atoms with Gasteiger partial charge in [0.15, 0.2) is 5.78 Å². The molecule has 0 saturated carbocycles. The molecule has 2 N–H and O–H groups in total. The summed E-state index contributed by atoms with van der Waals surface area (Å²) in [5, 5.41) is 11.5. The SMILES string of the molecule is CC1(C)CC(=O)C2=C(C1)OC(N)=C([N+](=O)[O-])C2c1ccccc1. The number of ether oxygens (including phenoxy) is 1. The van der Waals surface area contributed by atoms with Gasteiger partial charge in [0, 0.05) is 12.8 Å². The lowest BCUT2D eigenvalue weighted by Gasteiger charge is -2.36. The van der Waals surface area contributed by atoms with Crippen molar-refractivity contribution < 1.29 is 14.5 Å². The van der Waals surface area contributed by atoms with Gasteiger partial charge in [-0.05, 0) is 11.0 Å². The third-order valence-corrected chi connectivity index (χ3v) is 4.26. The lowest BCUT2D eigenvalue weighted by molar-refractivity contribution is -0.433. The van der Waals surface area contributed by atoms with Crippen LogP contribution in [0.1, 0.15) is 38.2 Å². The molecule has 0 saturated heterocycles. The molecule has 0 radical (unpaired) electrons. The van der Waals surface area contributed by atoms with Crippen molar-refractivity contribution in [2.75, 3.05) is 0 Å². The lowest BCUT2D eigenvalue weighted by Crippen LogP contribution is -2.35. The van der Waals surface area contributed by atoms with Crippen LogP contribution >= 0.6 is 0 Å². The number of carbonyl (C=O) groups excluding carboxylic acids is 1. The molecule has 6 nitrogen and oxygen atoms in total. The van der Waals surface area contributed by atoms with Crippen LogP contribution in [0.4, 0.5) is 0 Å². The maximum absolute atomic E-state index is 12.7. The maximum Gasteiger partial charge on any atom is 0.317 e. The van der Waals surface area contributed by atoms with E-state index in [1.807, 2.05) is 19.9 Å². The first kappa shape index (κ1) is 15.3. The lowest BCUT2D eigenvalue weighted by atomic mass is 9.71. The average molecular weight is 314 g/mol. The second-order valence-corrected chi connectivity index (χ2v) is 6.73. The molecule has 2 aliphatic rings. The molecular weight excluding hydrogens is 296 g/mol. The fourth-order valence-electron chi connectivity index (χ4n) is 3.32. The van der Waals surface area contributed by atoms with E-state index < -0.39 is 10.8 Å². The molecule has 1 aliphatic heterocycles. The molecule has 1 aromatic carbocycles. The highest BCUT2D eigenvalue weighted by atomic mass is 16.6. The number of allylic oxidation sites excluding steroid dienone is 2. The number of nitrogens with zero attached hydrogens (tertiary/aromatic N) is 1. The topological polar surface area (TPSA) is 95.5 Å². The molecule has 0 fully saturated rings. The Morgan fingerprint density at radius 2 is 1.91 bits per heavy atom. The van der Waals surface area contributed by atoms with Crippen LogP contribution in [0.5, 0.6) is 0 Å². The highest BCUT2D eigenvalue weighted by Crippen LogP contribution is 2.47. The molecule has 3 rings (SSSR count). The van der Waals surface area contributed by atoms with E-state index in [0.29, 0.717) is 29.7 Å². The van der Waals surface area contributed by atoms with Crippen LogP contribution in [0.3, 0.4) is 0 Å². The van der Waals surface area contributed by atoms with E-state index in [-0.39, 0.29) is 22.8 Å². The number of nitrogens with two attached hydrogens (primary N) is 1. The summed E-state index contributed by atoms with van der Waals surface area (Å²) in [4.78, 5) is 23.6. The highest BCUT2D eigenvalue weighted by molar-refractivity contribution is 5.99. The summed E-state index contributed by atoms with van der Waals surface area (Å²) < 4.78 is 5.50. The fourth-order valence-corrected chi connectivity index (χ4v) is 3.32. The van der Waals surface area contributed by atoms with Crippen molar-refractivity contribution >= 4 is 5.78 Å². The summed E-state index contributed by atoms with van der Waals surface area (Å²) in [6, 6.07) is 8.93. The maximum atomic E-state index is 12.7. The standard InChI is InChI=1S/C17H18N2O4/c1-17(2)8-11(20)14-12(9-17)23-16(18)15(19(21)22)13(14)10-6-4-3-5-7-10/h3-7,13H,8-9,18H2,1-2H3. The summed E-state index contributed by atoms with van der Waals surface area (Å²) in [5.74, 6) is -0.660. The van der Waals surface area contributed by atoms with Gasteiger partial charge in [0.2, 0.25) is 0 Å². The number of hydrogen-bond donors (Lipinski definition) is 1. The van der Waals surface area contributed by atoms with Gasteiger partial charge in [-0.3, -0.25) is 14.9 Å². The quantitative estimate of drug-likeness (QED) is 0.669. The summed E-state index contributed by atoms with van der Waals surface area (Å²) in [5.41, 5.74) is 6.36. The normalized spacial score (nSPS) is 23.4. The van der Waals surface area contributed by atoms with Gasteiger partial charge >= 0.3 is 5.70 Å². The molecule has 1 unspecified atom stereocenters. The number of Topliss-reactive ketones (excluding diaryl/α,β-unsaturated/α-hetero) is 1. The largest absolute Gasteiger partial charge is 0.440 e. The van der Waals surface area contributed by atoms with Crippen molar-refractivity contribution in [3.63, 3.8) is 0 Å². The zero-order valence-electron chi connectivity index (χ0n) is 13.0. The second-order valence-electron chi connectivity index (χ2n) is 6.73. The Morgan fingerprint density at radius 1 is 1.26 bits per heavy atom. The highest BCUT2D eigenvalue weighted by Gasteiger charge is 2.47. The van der Waals surface area contributed by atoms with Crippen LogP contribution in [-0.4, -0.2) is 10.7 Å². The first-order valence-electron chi connectivity index (χ1n) is 7.43. The van der Waals surface area contributed by atoms with Crippen LogP contribution in [-0.2, 0) is 9.53 Å². The van der Waals surface area contributed by atoms with Gasteiger partial charge in [-0.2, -0.15) is 0 Å². The van der Waals surface area contributed by atoms with Crippen molar-refractivity contribution in [2.45, 2.75) is 32.6 Å². The molecular formula is C17H18N2O4. The minimum Gasteiger partial charge on any atom is -0.440 e. The molecule has 120 valence electrons. The van der Waals surface area contributed by atoms with E-state index in [1.165, 1.54) is 0 Å². The van der Waals surface area contributed by atoms with E-state index in [9.17, 15) is 14.9 Å². The fraction of sp³-hybridized carbons (Fsp3) is 0.353. The Balaban J connectivity index is 2.20. The Kier molecular flexibility index (Phi) is 3.47. The smallest absolute Gasteiger partial charge is 0.317 e. The number of nitro groups is 1. The number of hydrogen-bond acceptors (Lipinski definition) is 5. The van der Waals surface area contributed by atoms with Gasteiger partial charge in [-0.1, -0.05) is 44.2 Å². The Labute approximate surface area is 133 Å². The Morgan fingerprint density at radius 3 is 2.52 bits per heavy atom. The molecule has 1 aromatic rings. The monoisotopic (exact) mass is 314 g/mol. The summed E-state index contributed by atoms with van der Waals surface area (Å²) in [7, 11) is 0. The van der Waals surface area contributed by atoms with E-state index in [2.05, 4.69) is 0 Å². The number of benzene rings is 1. The van der Waals surface area contributed by atoms with Gasteiger partial charge in [0.1, 0.15) is 11.7 Å². The minimum absolute atomic E-state index is 0.114. The zero-order valence-corrected chi connectivity index (χ0v) is 13.0. The number of carbonyl (C=O) groups is 1. The van der Waals surface area contributed by atoms with E-state index >= 15 is 0 Å². The molecule has 0 bridgehead atoms. The van der Waals surface area contributed by atoms with Crippen LogP contribution < -0.4 is 5.73 Å². The van der Waals surface area contributed by atoms with E-state index in [1.54, 1.807) is 24.3 Å².